The van der Waals surface area contributed by atoms with Crippen molar-refractivity contribution >= 4 is 16.6 Å². The van der Waals surface area contributed by atoms with Crippen molar-refractivity contribution in [1.82, 2.24) is 5.32 Å². The van der Waals surface area contributed by atoms with E-state index in [1.165, 1.54) is 26.0 Å². The van der Waals surface area contributed by atoms with Gasteiger partial charge in [-0.25, -0.2) is 13.2 Å². The van der Waals surface area contributed by atoms with Crippen molar-refractivity contribution in [2.24, 2.45) is 0 Å². The van der Waals surface area contributed by atoms with Crippen LogP contribution >= 0.6 is 0 Å². The van der Waals surface area contributed by atoms with Crippen molar-refractivity contribution in [2.45, 2.75) is 31.7 Å². The average Bonchev–Trinajstić information content (AvgIpc) is 2.95. The maximum absolute atomic E-state index is 14.9. The Morgan fingerprint density at radius 3 is 2.42 bits per heavy atom. The molecule has 7 heteroatoms. The highest BCUT2D eigenvalue weighted by Crippen LogP contribution is 2.37. The SMILES string of the molecule is COc1ccc2c(C(=O)c3ccc(OCCC4CCCCN4)cc3)c(-c3c(F)ccc(F)c3F)ccc2c1. The van der Waals surface area contributed by atoms with Crippen molar-refractivity contribution in [2.75, 3.05) is 20.3 Å². The molecule has 196 valence electrons. The van der Waals surface area contributed by atoms with E-state index in [0.717, 1.165) is 31.5 Å². The Kier molecular flexibility index (Phi) is 7.65. The van der Waals surface area contributed by atoms with E-state index >= 15 is 0 Å². The third kappa shape index (κ3) is 5.24. The summed E-state index contributed by atoms with van der Waals surface area (Å²) in [4.78, 5) is 13.8. The maximum Gasteiger partial charge on any atom is 0.194 e. The lowest BCUT2D eigenvalue weighted by molar-refractivity contribution is 0.104. The monoisotopic (exact) mass is 519 g/mol. The first-order valence-corrected chi connectivity index (χ1v) is 12.7. The van der Waals surface area contributed by atoms with E-state index in [0.29, 0.717) is 40.5 Å². The van der Waals surface area contributed by atoms with Crippen molar-refractivity contribution in [3.63, 3.8) is 0 Å². The summed E-state index contributed by atoms with van der Waals surface area (Å²) < 4.78 is 55.0. The molecule has 1 unspecified atom stereocenters. The molecule has 1 N–H and O–H groups in total. The lowest BCUT2D eigenvalue weighted by Gasteiger charge is -2.23. The number of ketones is 1. The lowest BCUT2D eigenvalue weighted by Crippen LogP contribution is -2.35. The van der Waals surface area contributed by atoms with Gasteiger partial charge in [0.15, 0.2) is 17.4 Å². The molecule has 0 aromatic heterocycles. The van der Waals surface area contributed by atoms with Crippen LogP contribution in [0.15, 0.2) is 66.7 Å². The summed E-state index contributed by atoms with van der Waals surface area (Å²) in [6, 6.07) is 16.8. The van der Waals surface area contributed by atoms with Gasteiger partial charge >= 0.3 is 0 Å². The number of nitrogens with one attached hydrogen (secondary N) is 1. The summed E-state index contributed by atoms with van der Waals surface area (Å²) in [5.41, 5.74) is -0.219. The molecule has 1 atom stereocenters. The number of hydrogen-bond acceptors (Lipinski definition) is 4. The van der Waals surface area contributed by atoms with Gasteiger partial charge in [-0.05, 0) is 96.7 Å². The number of hydrogen-bond donors (Lipinski definition) is 1. The molecular formula is C31H28F3NO3. The molecule has 1 heterocycles. The van der Waals surface area contributed by atoms with Crippen molar-refractivity contribution < 1.29 is 27.4 Å². The summed E-state index contributed by atoms with van der Waals surface area (Å²) in [5.74, 6) is -2.75. The van der Waals surface area contributed by atoms with E-state index in [9.17, 15) is 18.0 Å². The highest BCUT2D eigenvalue weighted by atomic mass is 19.2. The first kappa shape index (κ1) is 25.8. The summed E-state index contributed by atoms with van der Waals surface area (Å²) >= 11 is 0. The molecule has 4 aromatic carbocycles. The highest BCUT2D eigenvalue weighted by molar-refractivity contribution is 6.20. The number of fused-ring (bicyclic) bond motifs is 1. The van der Waals surface area contributed by atoms with E-state index < -0.39 is 28.8 Å². The molecule has 1 aliphatic rings. The van der Waals surface area contributed by atoms with E-state index in [2.05, 4.69) is 5.32 Å². The summed E-state index contributed by atoms with van der Waals surface area (Å²) in [6.07, 6.45) is 4.47. The van der Waals surface area contributed by atoms with Crippen LogP contribution in [-0.4, -0.2) is 32.1 Å². The number of benzene rings is 4. The van der Waals surface area contributed by atoms with Gasteiger partial charge in [0.05, 0.1) is 19.3 Å². The van der Waals surface area contributed by atoms with Crippen LogP contribution in [0.2, 0.25) is 0 Å². The van der Waals surface area contributed by atoms with Gasteiger partial charge in [-0.15, -0.1) is 0 Å². The zero-order valence-electron chi connectivity index (χ0n) is 21.0. The van der Waals surface area contributed by atoms with E-state index in [1.54, 1.807) is 48.5 Å². The standard InChI is InChI=1S/C31H28F3NO3/c1-37-23-10-12-24-20(18-23)7-11-25(29-26(32)13-14-27(33)30(29)34)28(24)31(36)19-5-8-22(9-6-19)38-17-15-21-4-2-3-16-35-21/h5-14,18,21,35H,2-4,15-17H2,1H3. The number of halogens is 3. The van der Waals surface area contributed by atoms with Crippen LogP contribution in [0.1, 0.15) is 41.6 Å². The van der Waals surface area contributed by atoms with Gasteiger partial charge in [0.25, 0.3) is 0 Å². The van der Waals surface area contributed by atoms with Crippen LogP contribution in [0.25, 0.3) is 21.9 Å². The lowest BCUT2D eigenvalue weighted by atomic mass is 9.88. The third-order valence-corrected chi connectivity index (χ3v) is 7.03. The Morgan fingerprint density at radius 1 is 0.921 bits per heavy atom. The minimum atomic E-state index is -1.34. The first-order valence-electron chi connectivity index (χ1n) is 12.7. The van der Waals surface area contributed by atoms with E-state index in [1.807, 2.05) is 0 Å². The predicted octanol–water partition coefficient (Wildman–Crippen LogP) is 7.07. The molecule has 5 rings (SSSR count). The molecule has 0 saturated carbocycles. The Balaban J connectivity index is 1.49. The quantitative estimate of drug-likeness (QED) is 0.200. The number of methoxy groups -OCH3 is 1. The smallest absolute Gasteiger partial charge is 0.194 e. The van der Waals surface area contributed by atoms with E-state index in [-0.39, 0.29) is 11.1 Å². The second kappa shape index (κ2) is 11.3. The molecule has 0 bridgehead atoms. The highest BCUT2D eigenvalue weighted by Gasteiger charge is 2.24. The number of ether oxygens (including phenoxy) is 2. The van der Waals surface area contributed by atoms with Crippen LogP contribution in [0, 0.1) is 17.5 Å². The second-order valence-electron chi connectivity index (χ2n) is 9.43. The van der Waals surface area contributed by atoms with Crippen LogP contribution < -0.4 is 14.8 Å². The van der Waals surface area contributed by atoms with Gasteiger partial charge in [0.2, 0.25) is 0 Å². The topological polar surface area (TPSA) is 47.6 Å². The molecule has 0 radical (unpaired) electrons. The van der Waals surface area contributed by atoms with Gasteiger partial charge in [-0.1, -0.05) is 18.6 Å². The first-order chi connectivity index (χ1) is 18.5. The molecule has 0 aliphatic carbocycles. The molecule has 1 saturated heterocycles. The van der Waals surface area contributed by atoms with Crippen LogP contribution in [0.4, 0.5) is 13.2 Å². The molecule has 0 amide bonds. The Morgan fingerprint density at radius 2 is 1.68 bits per heavy atom. The van der Waals surface area contributed by atoms with Crippen molar-refractivity contribution in [3.05, 3.63) is 95.3 Å². The molecule has 1 fully saturated rings. The number of carbonyl (C=O) groups excluding carboxylic acids is 1. The number of rotatable bonds is 8. The Labute approximate surface area is 219 Å². The average molecular weight is 520 g/mol. The summed E-state index contributed by atoms with van der Waals surface area (Å²) in [7, 11) is 1.52. The van der Waals surface area contributed by atoms with Gasteiger partial charge in [-0.2, -0.15) is 0 Å². The van der Waals surface area contributed by atoms with E-state index in [4.69, 9.17) is 9.47 Å². The van der Waals surface area contributed by atoms with Crippen molar-refractivity contribution in [3.8, 4) is 22.6 Å². The van der Waals surface area contributed by atoms with Crippen LogP contribution in [0.3, 0.4) is 0 Å². The fourth-order valence-electron chi connectivity index (χ4n) is 5.00. The normalized spacial score (nSPS) is 15.4. The predicted molar refractivity (Wildman–Crippen MR) is 141 cm³/mol. The molecule has 4 aromatic rings. The molecule has 1 aliphatic heterocycles. The number of carbonyl (C=O) groups is 1. The van der Waals surface area contributed by atoms with Crippen LogP contribution in [-0.2, 0) is 0 Å². The van der Waals surface area contributed by atoms with Gasteiger partial charge in [-0.3, -0.25) is 4.79 Å². The molecule has 0 spiro atoms. The van der Waals surface area contributed by atoms with Gasteiger partial charge in [0.1, 0.15) is 17.3 Å². The molecular weight excluding hydrogens is 491 g/mol. The largest absolute Gasteiger partial charge is 0.497 e. The summed E-state index contributed by atoms with van der Waals surface area (Å²) in [6.45, 7) is 1.59. The minimum absolute atomic E-state index is 0.0255. The molecule has 38 heavy (non-hydrogen) atoms. The fraction of sp³-hybridized carbons (Fsp3) is 0.258. The zero-order valence-corrected chi connectivity index (χ0v) is 21.0. The van der Waals surface area contributed by atoms with Gasteiger partial charge < -0.3 is 14.8 Å². The third-order valence-electron chi connectivity index (χ3n) is 7.03. The maximum atomic E-state index is 14.9. The van der Waals surface area contributed by atoms with Gasteiger partial charge in [0, 0.05) is 17.2 Å². The van der Waals surface area contributed by atoms with Crippen molar-refractivity contribution in [1.29, 1.82) is 0 Å². The fourth-order valence-corrected chi connectivity index (χ4v) is 5.00. The zero-order chi connectivity index (χ0) is 26.6. The second-order valence-corrected chi connectivity index (χ2v) is 9.43. The Bertz CT molecular complexity index is 1460. The number of piperidine rings is 1. The molecule has 4 nitrogen and oxygen atoms in total. The van der Waals surface area contributed by atoms with Crippen LogP contribution in [0.5, 0.6) is 11.5 Å². The summed E-state index contributed by atoms with van der Waals surface area (Å²) in [5, 5.41) is 4.60. The Hall–Kier alpha value is -3.84. The minimum Gasteiger partial charge on any atom is -0.497 e.